The first-order valence-corrected chi connectivity index (χ1v) is 6.81. The molecule has 1 amide bonds. The third kappa shape index (κ3) is 3.09. The third-order valence-electron chi connectivity index (χ3n) is 2.78. The zero-order valence-electron chi connectivity index (χ0n) is 9.54. The first-order valence-electron chi connectivity index (χ1n) is 5.52. The van der Waals surface area contributed by atoms with Crippen molar-refractivity contribution in [2.75, 3.05) is 25.6 Å². The predicted molar refractivity (Wildman–Crippen MR) is 72.8 cm³/mol. The molecule has 98 valence electrons. The fourth-order valence-corrected chi connectivity index (χ4v) is 2.67. The van der Waals surface area contributed by atoms with Crippen LogP contribution in [0.1, 0.15) is 10.4 Å². The van der Waals surface area contributed by atoms with Gasteiger partial charge < -0.3 is 9.64 Å². The van der Waals surface area contributed by atoms with Gasteiger partial charge in [0.05, 0.1) is 19.3 Å². The van der Waals surface area contributed by atoms with Gasteiger partial charge in [0.1, 0.15) is 0 Å². The Kier molecular flexibility index (Phi) is 4.73. The number of nitrogens with zero attached hydrogens (tertiary/aromatic N) is 1. The zero-order chi connectivity index (χ0) is 13.1. The summed E-state index contributed by atoms with van der Waals surface area (Å²) in [5, 5.41) is 0.892. The normalized spacial score (nSPS) is 19.9. The second-order valence-corrected chi connectivity index (χ2v) is 5.22. The van der Waals surface area contributed by atoms with E-state index in [4.69, 9.17) is 39.5 Å². The molecule has 0 aromatic heterocycles. The quantitative estimate of drug-likeness (QED) is 0.786. The molecule has 0 N–H and O–H groups in total. The lowest BCUT2D eigenvalue weighted by atomic mass is 10.1. The Hall–Kier alpha value is -0.480. The van der Waals surface area contributed by atoms with Crippen LogP contribution in [0.2, 0.25) is 10.0 Å². The molecular formula is C12H12Cl3NO2. The van der Waals surface area contributed by atoms with Crippen LogP contribution in [0.4, 0.5) is 0 Å². The molecule has 0 bridgehead atoms. The Morgan fingerprint density at radius 1 is 1.33 bits per heavy atom. The predicted octanol–water partition coefficient (Wildman–Crippen LogP) is 3.07. The van der Waals surface area contributed by atoms with E-state index in [9.17, 15) is 4.79 Å². The van der Waals surface area contributed by atoms with E-state index in [1.54, 1.807) is 23.1 Å². The molecule has 0 saturated carbocycles. The summed E-state index contributed by atoms with van der Waals surface area (Å²) in [6, 6.07) is 4.70. The lowest BCUT2D eigenvalue weighted by Gasteiger charge is -2.34. The average Bonchev–Trinajstić information content (AvgIpc) is 2.36. The molecule has 1 aromatic carbocycles. The van der Waals surface area contributed by atoms with Gasteiger partial charge in [-0.3, -0.25) is 4.79 Å². The van der Waals surface area contributed by atoms with Gasteiger partial charge in [0.15, 0.2) is 0 Å². The first-order chi connectivity index (χ1) is 8.61. The molecule has 1 fully saturated rings. The number of halogens is 3. The van der Waals surface area contributed by atoms with Gasteiger partial charge in [0.2, 0.25) is 0 Å². The minimum absolute atomic E-state index is 0.106. The molecule has 0 spiro atoms. The zero-order valence-corrected chi connectivity index (χ0v) is 11.8. The van der Waals surface area contributed by atoms with Crippen molar-refractivity contribution in [3.63, 3.8) is 0 Å². The number of hydrogen-bond acceptors (Lipinski definition) is 2. The summed E-state index contributed by atoms with van der Waals surface area (Å²) in [5.41, 5.74) is 0.476. The highest BCUT2D eigenvalue weighted by Gasteiger charge is 2.27. The summed E-state index contributed by atoms with van der Waals surface area (Å²) in [7, 11) is 0. The minimum Gasteiger partial charge on any atom is -0.377 e. The fourth-order valence-electron chi connectivity index (χ4n) is 1.89. The van der Waals surface area contributed by atoms with Crippen LogP contribution in [0.3, 0.4) is 0 Å². The van der Waals surface area contributed by atoms with Gasteiger partial charge >= 0.3 is 0 Å². The highest BCUT2D eigenvalue weighted by Crippen LogP contribution is 2.21. The van der Waals surface area contributed by atoms with Gasteiger partial charge in [0.25, 0.3) is 5.91 Å². The van der Waals surface area contributed by atoms with Gasteiger partial charge in [-0.2, -0.15) is 0 Å². The number of amides is 1. The van der Waals surface area contributed by atoms with Crippen molar-refractivity contribution in [3.8, 4) is 0 Å². The number of hydrogen-bond donors (Lipinski definition) is 0. The van der Waals surface area contributed by atoms with Gasteiger partial charge in [-0.25, -0.2) is 0 Å². The molecule has 1 atom stereocenters. The highest BCUT2D eigenvalue weighted by molar-refractivity contribution is 6.35. The second kappa shape index (κ2) is 6.11. The van der Waals surface area contributed by atoms with Crippen molar-refractivity contribution in [1.29, 1.82) is 0 Å². The van der Waals surface area contributed by atoms with Crippen LogP contribution in [0.25, 0.3) is 0 Å². The Morgan fingerprint density at radius 2 is 2.00 bits per heavy atom. The van der Waals surface area contributed by atoms with Gasteiger partial charge in [-0.15, -0.1) is 11.6 Å². The Labute approximate surface area is 121 Å². The molecule has 0 radical (unpaired) electrons. The van der Waals surface area contributed by atoms with Crippen LogP contribution in [0, 0.1) is 0 Å². The maximum Gasteiger partial charge on any atom is 0.254 e. The summed E-state index contributed by atoms with van der Waals surface area (Å²) in [6.07, 6.45) is 0. The molecule has 0 aliphatic carbocycles. The van der Waals surface area contributed by atoms with Crippen molar-refractivity contribution in [3.05, 3.63) is 33.8 Å². The standard InChI is InChI=1S/C12H12Cl3NO2/c13-6-11-7-18-2-1-16(11)12(17)8-3-9(14)5-10(15)4-8/h3-5,11H,1-2,6-7H2. The number of carbonyl (C=O) groups is 1. The van der Waals surface area contributed by atoms with Crippen LogP contribution in [0.5, 0.6) is 0 Å². The number of benzene rings is 1. The summed E-state index contributed by atoms with van der Waals surface area (Å²) in [4.78, 5) is 14.1. The van der Waals surface area contributed by atoms with Crippen molar-refractivity contribution in [2.45, 2.75) is 6.04 Å². The van der Waals surface area contributed by atoms with Crippen molar-refractivity contribution < 1.29 is 9.53 Å². The summed E-state index contributed by atoms with van der Waals surface area (Å²) >= 11 is 17.6. The molecule has 6 heteroatoms. The topological polar surface area (TPSA) is 29.5 Å². The van der Waals surface area contributed by atoms with E-state index < -0.39 is 0 Å². The van der Waals surface area contributed by atoms with Crippen molar-refractivity contribution in [1.82, 2.24) is 4.90 Å². The fraction of sp³-hybridized carbons (Fsp3) is 0.417. The van der Waals surface area contributed by atoms with E-state index in [0.29, 0.717) is 41.2 Å². The van der Waals surface area contributed by atoms with E-state index in [1.807, 2.05) is 0 Å². The molecule has 1 aromatic rings. The number of carbonyl (C=O) groups excluding carboxylic acids is 1. The van der Waals surface area contributed by atoms with Crippen molar-refractivity contribution >= 4 is 40.7 Å². The lowest BCUT2D eigenvalue weighted by Crippen LogP contribution is -2.49. The largest absolute Gasteiger partial charge is 0.377 e. The van der Waals surface area contributed by atoms with Gasteiger partial charge in [-0.05, 0) is 18.2 Å². The number of ether oxygens (including phenoxy) is 1. The van der Waals surface area contributed by atoms with Crippen LogP contribution in [-0.4, -0.2) is 42.5 Å². The van der Waals surface area contributed by atoms with E-state index in [1.165, 1.54) is 0 Å². The molecule has 1 heterocycles. The SMILES string of the molecule is O=C(c1cc(Cl)cc(Cl)c1)N1CCOCC1CCl. The molecule has 18 heavy (non-hydrogen) atoms. The van der Waals surface area contributed by atoms with E-state index >= 15 is 0 Å². The maximum absolute atomic E-state index is 12.4. The Balaban J connectivity index is 2.23. The van der Waals surface area contributed by atoms with Crippen LogP contribution in [-0.2, 0) is 4.74 Å². The summed E-state index contributed by atoms with van der Waals surface area (Å²) in [6.45, 7) is 1.51. The smallest absolute Gasteiger partial charge is 0.254 e. The Bertz CT molecular complexity index is 433. The number of morpholine rings is 1. The van der Waals surface area contributed by atoms with Crippen molar-refractivity contribution in [2.24, 2.45) is 0 Å². The van der Waals surface area contributed by atoms with E-state index in [0.717, 1.165) is 0 Å². The second-order valence-electron chi connectivity index (χ2n) is 4.04. The molecule has 1 saturated heterocycles. The van der Waals surface area contributed by atoms with Crippen LogP contribution >= 0.6 is 34.8 Å². The Morgan fingerprint density at radius 3 is 2.61 bits per heavy atom. The average molecular weight is 309 g/mol. The summed E-state index contributed by atoms with van der Waals surface area (Å²) in [5.74, 6) is 0.230. The number of rotatable bonds is 2. The maximum atomic E-state index is 12.4. The third-order valence-corrected chi connectivity index (χ3v) is 3.57. The van der Waals surface area contributed by atoms with Crippen LogP contribution < -0.4 is 0 Å². The molecule has 1 aliphatic rings. The highest BCUT2D eigenvalue weighted by atomic mass is 35.5. The number of alkyl halides is 1. The lowest BCUT2D eigenvalue weighted by molar-refractivity contribution is 0.00456. The van der Waals surface area contributed by atoms with Crippen LogP contribution in [0.15, 0.2) is 18.2 Å². The van der Waals surface area contributed by atoms with Gasteiger partial charge in [0, 0.05) is 28.0 Å². The van der Waals surface area contributed by atoms with Gasteiger partial charge in [-0.1, -0.05) is 23.2 Å². The molecule has 3 nitrogen and oxygen atoms in total. The molecular weight excluding hydrogens is 296 g/mol. The first kappa shape index (κ1) is 13.9. The van der Waals surface area contributed by atoms with E-state index in [2.05, 4.69) is 0 Å². The molecule has 1 unspecified atom stereocenters. The molecule has 1 aliphatic heterocycles. The monoisotopic (exact) mass is 307 g/mol. The van der Waals surface area contributed by atoms with E-state index in [-0.39, 0.29) is 11.9 Å². The minimum atomic E-state index is -0.117. The molecule has 2 rings (SSSR count). The summed E-state index contributed by atoms with van der Waals surface area (Å²) < 4.78 is 5.31.